The lowest BCUT2D eigenvalue weighted by atomic mass is 10.1. The molecule has 0 atom stereocenters. The number of pyridine rings is 2. The van der Waals surface area contributed by atoms with Gasteiger partial charge in [0.05, 0.1) is 11.6 Å². The summed E-state index contributed by atoms with van der Waals surface area (Å²) in [7, 11) is 1.63. The molecule has 2 aromatic heterocycles. The van der Waals surface area contributed by atoms with E-state index in [9.17, 15) is 0 Å². The number of methoxy groups -OCH3 is 1. The third kappa shape index (κ3) is 3.41. The van der Waals surface area contributed by atoms with Gasteiger partial charge in [0.2, 0.25) is 5.88 Å². The zero-order chi connectivity index (χ0) is 16.9. The fraction of sp³-hybridized carbons (Fsp3) is 0.158. The van der Waals surface area contributed by atoms with Crippen LogP contribution in [0.1, 0.15) is 12.5 Å². The van der Waals surface area contributed by atoms with Gasteiger partial charge in [0.25, 0.3) is 0 Å². The SMILES string of the molecule is CCc1ccc(Oc2ncccc2-c2cncc(Br)c2OC)cc1. The molecule has 3 aromatic rings. The molecule has 0 N–H and O–H groups in total. The lowest BCUT2D eigenvalue weighted by molar-refractivity contribution is 0.412. The molecule has 1 aromatic carbocycles. The van der Waals surface area contributed by atoms with Gasteiger partial charge in [-0.15, -0.1) is 0 Å². The van der Waals surface area contributed by atoms with E-state index in [4.69, 9.17) is 9.47 Å². The van der Waals surface area contributed by atoms with E-state index in [2.05, 4.69) is 45.0 Å². The van der Waals surface area contributed by atoms with Gasteiger partial charge in [-0.1, -0.05) is 19.1 Å². The third-order valence-electron chi connectivity index (χ3n) is 3.66. The summed E-state index contributed by atoms with van der Waals surface area (Å²) in [5.74, 6) is 1.96. The van der Waals surface area contributed by atoms with Gasteiger partial charge in [0.15, 0.2) is 0 Å². The molecule has 24 heavy (non-hydrogen) atoms. The van der Waals surface area contributed by atoms with Crippen LogP contribution in [0.25, 0.3) is 11.1 Å². The molecule has 5 heteroatoms. The van der Waals surface area contributed by atoms with Crippen LogP contribution in [0, 0.1) is 0 Å². The molecule has 4 nitrogen and oxygen atoms in total. The van der Waals surface area contributed by atoms with E-state index >= 15 is 0 Å². The van der Waals surface area contributed by atoms with E-state index in [0.29, 0.717) is 11.6 Å². The van der Waals surface area contributed by atoms with Crippen molar-refractivity contribution in [1.82, 2.24) is 9.97 Å². The van der Waals surface area contributed by atoms with Gasteiger partial charge in [-0.3, -0.25) is 4.98 Å². The van der Waals surface area contributed by atoms with Crippen LogP contribution in [0.15, 0.2) is 59.5 Å². The normalized spacial score (nSPS) is 10.5. The maximum absolute atomic E-state index is 5.99. The maximum Gasteiger partial charge on any atom is 0.227 e. The molecular weight excluding hydrogens is 368 g/mol. The average Bonchev–Trinajstić information content (AvgIpc) is 2.62. The molecule has 2 heterocycles. The molecule has 122 valence electrons. The van der Waals surface area contributed by atoms with Gasteiger partial charge in [-0.05, 0) is 52.2 Å². The number of halogens is 1. The lowest BCUT2D eigenvalue weighted by Crippen LogP contribution is -1.95. The predicted octanol–water partition coefficient (Wildman–Crippen LogP) is 5.27. The number of hydrogen-bond acceptors (Lipinski definition) is 4. The molecule has 0 aliphatic rings. The van der Waals surface area contributed by atoms with Crippen LogP contribution in [0.4, 0.5) is 0 Å². The first-order chi connectivity index (χ1) is 11.7. The van der Waals surface area contributed by atoms with Crippen molar-refractivity contribution >= 4 is 15.9 Å². The fourth-order valence-electron chi connectivity index (χ4n) is 2.40. The molecule has 0 fully saturated rings. The van der Waals surface area contributed by atoms with Crippen molar-refractivity contribution in [2.45, 2.75) is 13.3 Å². The topological polar surface area (TPSA) is 44.2 Å². The van der Waals surface area contributed by atoms with Gasteiger partial charge in [-0.25, -0.2) is 4.98 Å². The number of rotatable bonds is 5. The average molecular weight is 385 g/mol. The molecule has 0 saturated heterocycles. The van der Waals surface area contributed by atoms with Crippen LogP contribution in [-0.2, 0) is 6.42 Å². The zero-order valence-electron chi connectivity index (χ0n) is 13.5. The second kappa shape index (κ2) is 7.45. The summed E-state index contributed by atoms with van der Waals surface area (Å²) in [4.78, 5) is 8.61. The highest BCUT2D eigenvalue weighted by Gasteiger charge is 2.15. The summed E-state index contributed by atoms with van der Waals surface area (Å²) in [6.07, 6.45) is 6.14. The summed E-state index contributed by atoms with van der Waals surface area (Å²) in [5, 5.41) is 0. The van der Waals surface area contributed by atoms with Gasteiger partial charge in [-0.2, -0.15) is 0 Å². The molecule has 0 aliphatic heterocycles. The van der Waals surface area contributed by atoms with Crippen LogP contribution in [0.3, 0.4) is 0 Å². The highest BCUT2D eigenvalue weighted by molar-refractivity contribution is 9.10. The summed E-state index contributed by atoms with van der Waals surface area (Å²) in [6.45, 7) is 2.12. The Hall–Kier alpha value is -2.40. The lowest BCUT2D eigenvalue weighted by Gasteiger charge is -2.13. The quantitative estimate of drug-likeness (QED) is 0.600. The van der Waals surface area contributed by atoms with Crippen molar-refractivity contribution < 1.29 is 9.47 Å². The van der Waals surface area contributed by atoms with Crippen molar-refractivity contribution in [1.29, 1.82) is 0 Å². The number of ether oxygens (including phenoxy) is 2. The Labute approximate surface area is 149 Å². The number of aromatic nitrogens is 2. The molecule has 0 aliphatic carbocycles. The first kappa shape index (κ1) is 16.5. The third-order valence-corrected chi connectivity index (χ3v) is 4.23. The Bertz CT molecular complexity index is 835. The zero-order valence-corrected chi connectivity index (χ0v) is 15.1. The standard InChI is InChI=1S/C19H17BrN2O2/c1-3-13-6-8-14(9-7-13)24-19-15(5-4-10-22-19)16-11-21-12-17(20)18(16)23-2/h4-12H,3H2,1-2H3. The Morgan fingerprint density at radius 3 is 2.54 bits per heavy atom. The molecule has 0 amide bonds. The Kier molecular flexibility index (Phi) is 5.11. The van der Waals surface area contributed by atoms with Crippen LogP contribution in [0.5, 0.6) is 17.4 Å². The minimum absolute atomic E-state index is 0.514. The Balaban J connectivity index is 2.00. The molecule has 3 rings (SSSR count). The molecule has 0 bridgehead atoms. The van der Waals surface area contributed by atoms with Crippen molar-refractivity contribution in [3.8, 4) is 28.5 Å². The maximum atomic E-state index is 5.99. The summed E-state index contributed by atoms with van der Waals surface area (Å²) in [6, 6.07) is 11.8. The highest BCUT2D eigenvalue weighted by atomic mass is 79.9. The fourth-order valence-corrected chi connectivity index (χ4v) is 2.90. The van der Waals surface area contributed by atoms with E-state index < -0.39 is 0 Å². The first-order valence-electron chi connectivity index (χ1n) is 7.62. The van der Waals surface area contributed by atoms with Crippen LogP contribution >= 0.6 is 15.9 Å². The van der Waals surface area contributed by atoms with Gasteiger partial charge >= 0.3 is 0 Å². The first-order valence-corrected chi connectivity index (χ1v) is 8.42. The smallest absolute Gasteiger partial charge is 0.227 e. The van der Waals surface area contributed by atoms with E-state index in [1.807, 2.05) is 24.3 Å². The predicted molar refractivity (Wildman–Crippen MR) is 97.6 cm³/mol. The van der Waals surface area contributed by atoms with Crippen molar-refractivity contribution in [2.24, 2.45) is 0 Å². The molecule has 0 unspecified atom stereocenters. The van der Waals surface area contributed by atoms with Crippen LogP contribution in [0.2, 0.25) is 0 Å². The van der Waals surface area contributed by atoms with Crippen LogP contribution < -0.4 is 9.47 Å². The largest absolute Gasteiger partial charge is 0.495 e. The van der Waals surface area contributed by atoms with Gasteiger partial charge < -0.3 is 9.47 Å². The van der Waals surface area contributed by atoms with E-state index in [0.717, 1.165) is 27.8 Å². The molecule has 0 radical (unpaired) electrons. The second-order valence-corrected chi connectivity index (χ2v) is 6.01. The van der Waals surface area contributed by atoms with E-state index in [1.54, 1.807) is 25.7 Å². The van der Waals surface area contributed by atoms with E-state index in [-0.39, 0.29) is 0 Å². The van der Waals surface area contributed by atoms with E-state index in [1.165, 1.54) is 5.56 Å². The monoisotopic (exact) mass is 384 g/mol. The second-order valence-electron chi connectivity index (χ2n) is 5.16. The number of hydrogen-bond donors (Lipinski definition) is 0. The van der Waals surface area contributed by atoms with Crippen molar-refractivity contribution in [3.05, 3.63) is 65.0 Å². The number of nitrogens with zero attached hydrogens (tertiary/aromatic N) is 2. The molecular formula is C19H17BrN2O2. The van der Waals surface area contributed by atoms with Crippen LogP contribution in [-0.4, -0.2) is 17.1 Å². The minimum atomic E-state index is 0.514. The number of aryl methyl sites for hydroxylation is 1. The molecule has 0 saturated carbocycles. The van der Waals surface area contributed by atoms with Gasteiger partial charge in [0.1, 0.15) is 11.5 Å². The van der Waals surface area contributed by atoms with Crippen molar-refractivity contribution in [3.63, 3.8) is 0 Å². The van der Waals surface area contributed by atoms with Gasteiger partial charge in [0, 0.05) is 29.7 Å². The summed E-state index contributed by atoms with van der Waals surface area (Å²) < 4.78 is 12.3. The van der Waals surface area contributed by atoms with Crippen molar-refractivity contribution in [2.75, 3.05) is 7.11 Å². The Morgan fingerprint density at radius 1 is 1.04 bits per heavy atom. The highest BCUT2D eigenvalue weighted by Crippen LogP contribution is 2.39. The summed E-state index contributed by atoms with van der Waals surface area (Å²) >= 11 is 3.46. The summed E-state index contributed by atoms with van der Waals surface area (Å²) in [5.41, 5.74) is 2.91. The number of benzene rings is 1. The Morgan fingerprint density at radius 2 is 1.83 bits per heavy atom. The molecule has 0 spiro atoms. The minimum Gasteiger partial charge on any atom is -0.495 e.